The number of hydrogen-bond donors (Lipinski definition) is 0. The van der Waals surface area contributed by atoms with Gasteiger partial charge in [0.05, 0.1) is 0 Å². The highest BCUT2D eigenvalue weighted by Gasteiger charge is 2.35. The molecule has 2 aliphatic carbocycles. The number of fused-ring (bicyclic) bond motifs is 1. The zero-order valence-electron chi connectivity index (χ0n) is 7.68. The van der Waals surface area contributed by atoms with Crippen LogP contribution in [0.3, 0.4) is 0 Å². The third kappa shape index (κ3) is 1.32. The van der Waals surface area contributed by atoms with Gasteiger partial charge in [-0.1, -0.05) is 32.6 Å². The Labute approximate surface area is 70.4 Å². The second-order valence-corrected chi connectivity index (χ2v) is 4.45. The smallest absolute Gasteiger partial charge is 0.0358 e. The van der Waals surface area contributed by atoms with Crippen LogP contribution in [0.15, 0.2) is 0 Å². The van der Waals surface area contributed by atoms with E-state index in [-0.39, 0.29) is 0 Å². The van der Waals surface area contributed by atoms with Crippen LogP contribution in [0, 0.1) is 17.8 Å². The first-order valence-corrected chi connectivity index (χ1v) is 5.42. The zero-order chi connectivity index (χ0) is 7.68. The van der Waals surface area contributed by atoms with Crippen LogP contribution in [-0.4, -0.2) is 0 Å². The molecule has 0 nitrogen and oxygen atoms in total. The van der Waals surface area contributed by atoms with Crippen LogP contribution in [0.2, 0.25) is 0 Å². The van der Waals surface area contributed by atoms with Crippen LogP contribution >= 0.6 is 0 Å². The molecule has 0 saturated heterocycles. The van der Waals surface area contributed by atoms with Crippen molar-refractivity contribution < 1.29 is 0 Å². The van der Waals surface area contributed by atoms with E-state index in [0.717, 1.165) is 17.8 Å². The van der Waals surface area contributed by atoms with Gasteiger partial charge in [0, 0.05) is 0 Å². The van der Waals surface area contributed by atoms with E-state index in [0.29, 0.717) is 0 Å². The molecule has 0 bridgehead atoms. The average molecular weight is 152 g/mol. The summed E-state index contributed by atoms with van der Waals surface area (Å²) in [5.74, 6) is 3.41. The van der Waals surface area contributed by atoms with Gasteiger partial charge in [0.15, 0.2) is 0 Å². The van der Waals surface area contributed by atoms with Crippen molar-refractivity contribution in [1.82, 2.24) is 0 Å². The fourth-order valence-electron chi connectivity index (χ4n) is 3.36. The van der Waals surface area contributed by atoms with Crippen LogP contribution in [0.25, 0.3) is 0 Å². The molecule has 2 saturated carbocycles. The van der Waals surface area contributed by atoms with Gasteiger partial charge in [0.1, 0.15) is 0 Å². The maximum absolute atomic E-state index is 2.38. The second-order valence-electron chi connectivity index (χ2n) is 4.45. The molecule has 0 amide bonds. The Morgan fingerprint density at radius 2 is 1.82 bits per heavy atom. The molecule has 3 atom stereocenters. The maximum Gasteiger partial charge on any atom is -0.0358 e. The summed E-state index contributed by atoms with van der Waals surface area (Å²) < 4.78 is 0. The van der Waals surface area contributed by atoms with Crippen molar-refractivity contribution in [3.05, 3.63) is 0 Å². The third-order valence-electron chi connectivity index (χ3n) is 4.01. The van der Waals surface area contributed by atoms with E-state index >= 15 is 0 Å². The van der Waals surface area contributed by atoms with Crippen molar-refractivity contribution in [3.63, 3.8) is 0 Å². The van der Waals surface area contributed by atoms with Crippen LogP contribution < -0.4 is 0 Å². The van der Waals surface area contributed by atoms with E-state index in [4.69, 9.17) is 0 Å². The SMILES string of the molecule is CCC1CC[C@H]2CCCCC12. The molecular weight excluding hydrogens is 132 g/mol. The molecule has 0 N–H and O–H groups in total. The van der Waals surface area contributed by atoms with Crippen LogP contribution in [0.5, 0.6) is 0 Å². The van der Waals surface area contributed by atoms with Gasteiger partial charge in [-0.15, -0.1) is 0 Å². The highest BCUT2D eigenvalue weighted by Crippen LogP contribution is 2.46. The molecule has 11 heavy (non-hydrogen) atoms. The normalized spacial score (nSPS) is 43.9. The Hall–Kier alpha value is 0. The highest BCUT2D eigenvalue weighted by molar-refractivity contribution is 4.86. The molecule has 2 fully saturated rings. The van der Waals surface area contributed by atoms with Crippen molar-refractivity contribution in [3.8, 4) is 0 Å². The molecule has 0 aromatic rings. The molecule has 64 valence electrons. The largest absolute Gasteiger partial charge is 0.0651 e. The molecule has 0 heterocycles. The Balaban J connectivity index is 1.98. The highest BCUT2D eigenvalue weighted by atomic mass is 14.4. The summed E-state index contributed by atoms with van der Waals surface area (Å²) in [4.78, 5) is 0. The minimum Gasteiger partial charge on any atom is -0.0651 e. The molecule has 0 spiro atoms. The minimum atomic E-state index is 1.11. The summed E-state index contributed by atoms with van der Waals surface area (Å²) in [5.41, 5.74) is 0. The Morgan fingerprint density at radius 1 is 1.00 bits per heavy atom. The lowest BCUT2D eigenvalue weighted by Crippen LogP contribution is -2.18. The van der Waals surface area contributed by atoms with E-state index in [9.17, 15) is 0 Å². The molecule has 2 rings (SSSR count). The van der Waals surface area contributed by atoms with Gasteiger partial charge in [-0.25, -0.2) is 0 Å². The third-order valence-corrected chi connectivity index (χ3v) is 4.01. The summed E-state index contributed by atoms with van der Waals surface area (Å²) in [5, 5.41) is 0. The van der Waals surface area contributed by atoms with Gasteiger partial charge >= 0.3 is 0 Å². The van der Waals surface area contributed by atoms with Crippen molar-refractivity contribution in [2.24, 2.45) is 17.8 Å². The molecule has 2 unspecified atom stereocenters. The van der Waals surface area contributed by atoms with Crippen molar-refractivity contribution >= 4 is 0 Å². The lowest BCUT2D eigenvalue weighted by Gasteiger charge is -2.28. The first-order valence-electron chi connectivity index (χ1n) is 5.42. The standard InChI is InChI=1S/C11H20/c1-2-9-7-8-10-5-3-4-6-11(9)10/h9-11H,2-8H2,1H3/t9?,10-,11?/m1/s1. The van der Waals surface area contributed by atoms with E-state index in [1.54, 1.807) is 25.7 Å². The van der Waals surface area contributed by atoms with Gasteiger partial charge in [0.25, 0.3) is 0 Å². The van der Waals surface area contributed by atoms with Crippen molar-refractivity contribution in [1.29, 1.82) is 0 Å². The predicted molar refractivity (Wildman–Crippen MR) is 48.5 cm³/mol. The molecule has 0 aliphatic heterocycles. The van der Waals surface area contributed by atoms with E-state index in [1.807, 2.05) is 0 Å². The van der Waals surface area contributed by atoms with E-state index in [1.165, 1.54) is 19.3 Å². The van der Waals surface area contributed by atoms with Gasteiger partial charge in [-0.2, -0.15) is 0 Å². The lowest BCUT2D eigenvalue weighted by molar-refractivity contribution is 0.224. The Kier molecular flexibility index (Phi) is 2.20. The topological polar surface area (TPSA) is 0 Å². The number of rotatable bonds is 1. The molecule has 0 heteroatoms. The van der Waals surface area contributed by atoms with Crippen LogP contribution in [0.1, 0.15) is 51.9 Å². The fraction of sp³-hybridized carbons (Fsp3) is 1.00. The molecule has 2 aliphatic rings. The van der Waals surface area contributed by atoms with Crippen LogP contribution in [-0.2, 0) is 0 Å². The van der Waals surface area contributed by atoms with Gasteiger partial charge in [0.2, 0.25) is 0 Å². The molecule has 0 aromatic carbocycles. The predicted octanol–water partition coefficient (Wildman–Crippen LogP) is 3.61. The summed E-state index contributed by atoms with van der Waals surface area (Å²) in [7, 11) is 0. The van der Waals surface area contributed by atoms with Gasteiger partial charge in [-0.3, -0.25) is 0 Å². The van der Waals surface area contributed by atoms with Crippen molar-refractivity contribution in [2.45, 2.75) is 51.9 Å². The van der Waals surface area contributed by atoms with Crippen LogP contribution in [0.4, 0.5) is 0 Å². The lowest BCUT2D eigenvalue weighted by atomic mass is 9.77. The first kappa shape index (κ1) is 7.64. The molecule has 0 aromatic heterocycles. The summed E-state index contributed by atoms with van der Waals surface area (Å²) in [6.45, 7) is 2.38. The summed E-state index contributed by atoms with van der Waals surface area (Å²) in [6.07, 6.45) is 10.7. The van der Waals surface area contributed by atoms with E-state index in [2.05, 4.69) is 6.92 Å². The zero-order valence-corrected chi connectivity index (χ0v) is 7.68. The van der Waals surface area contributed by atoms with Crippen molar-refractivity contribution in [2.75, 3.05) is 0 Å². The Morgan fingerprint density at radius 3 is 2.64 bits per heavy atom. The summed E-state index contributed by atoms with van der Waals surface area (Å²) in [6, 6.07) is 0. The quantitative estimate of drug-likeness (QED) is 0.538. The van der Waals surface area contributed by atoms with Gasteiger partial charge in [-0.05, 0) is 37.0 Å². The monoisotopic (exact) mass is 152 g/mol. The average Bonchev–Trinajstić information content (AvgIpc) is 2.47. The first-order chi connectivity index (χ1) is 5.42. The second kappa shape index (κ2) is 3.16. The Bertz CT molecular complexity index is 122. The maximum atomic E-state index is 2.38. The number of hydrogen-bond acceptors (Lipinski definition) is 0. The van der Waals surface area contributed by atoms with E-state index < -0.39 is 0 Å². The fourth-order valence-corrected chi connectivity index (χ4v) is 3.36. The molecule has 0 radical (unpaired) electrons. The summed E-state index contributed by atoms with van der Waals surface area (Å²) >= 11 is 0. The van der Waals surface area contributed by atoms with Gasteiger partial charge < -0.3 is 0 Å². The minimum absolute atomic E-state index is 1.11. The molecular formula is C11H20.